The minimum Gasteiger partial charge on any atom is -0.502 e. The van der Waals surface area contributed by atoms with E-state index in [9.17, 15) is 9.90 Å². The van der Waals surface area contributed by atoms with Crippen LogP contribution in [0.15, 0.2) is 21.5 Å². The normalized spacial score (nSPS) is 10.5. The molecule has 0 atom stereocenters. The molecule has 1 N–H and O–H groups in total. The van der Waals surface area contributed by atoms with Crippen molar-refractivity contribution in [2.45, 2.75) is 0 Å². The standard InChI is InChI=1S/C11H9IO5/c1-15-7-3-6-8(11(16-2)10(7)14)9(13)5(12)4-17-6/h3-4,14H,1-2H3. The zero-order valence-electron chi connectivity index (χ0n) is 9.11. The Labute approximate surface area is 110 Å². The summed E-state index contributed by atoms with van der Waals surface area (Å²) in [6.45, 7) is 0. The lowest BCUT2D eigenvalue weighted by Crippen LogP contribution is -2.06. The van der Waals surface area contributed by atoms with Crippen LogP contribution in [0.2, 0.25) is 0 Å². The van der Waals surface area contributed by atoms with Crippen molar-refractivity contribution in [1.29, 1.82) is 0 Å². The van der Waals surface area contributed by atoms with Gasteiger partial charge in [0.05, 0.1) is 17.8 Å². The van der Waals surface area contributed by atoms with Gasteiger partial charge in [0, 0.05) is 6.07 Å². The maximum absolute atomic E-state index is 12.0. The zero-order chi connectivity index (χ0) is 12.6. The quantitative estimate of drug-likeness (QED) is 0.842. The third kappa shape index (κ3) is 1.82. The van der Waals surface area contributed by atoms with Crippen molar-refractivity contribution in [3.8, 4) is 17.2 Å². The van der Waals surface area contributed by atoms with Gasteiger partial charge < -0.3 is 19.0 Å². The number of phenols is 1. The Morgan fingerprint density at radius 3 is 2.65 bits per heavy atom. The van der Waals surface area contributed by atoms with Crippen LogP contribution >= 0.6 is 22.6 Å². The van der Waals surface area contributed by atoms with Crippen LogP contribution in [-0.2, 0) is 0 Å². The molecule has 0 amide bonds. The highest BCUT2D eigenvalue weighted by atomic mass is 127. The van der Waals surface area contributed by atoms with Crippen LogP contribution in [0.1, 0.15) is 0 Å². The van der Waals surface area contributed by atoms with Crippen LogP contribution in [0.3, 0.4) is 0 Å². The van der Waals surface area contributed by atoms with Crippen LogP contribution in [0.5, 0.6) is 17.2 Å². The van der Waals surface area contributed by atoms with Gasteiger partial charge in [-0.25, -0.2) is 0 Å². The van der Waals surface area contributed by atoms with Crippen LogP contribution in [0.25, 0.3) is 11.0 Å². The van der Waals surface area contributed by atoms with Crippen molar-refractivity contribution in [2.75, 3.05) is 14.2 Å². The van der Waals surface area contributed by atoms with Crippen molar-refractivity contribution in [3.63, 3.8) is 0 Å². The smallest absolute Gasteiger partial charge is 0.209 e. The highest BCUT2D eigenvalue weighted by Crippen LogP contribution is 2.41. The van der Waals surface area contributed by atoms with E-state index in [2.05, 4.69) is 0 Å². The molecule has 2 rings (SSSR count). The number of rotatable bonds is 2. The molecule has 0 spiro atoms. The lowest BCUT2D eigenvalue weighted by molar-refractivity contribution is 0.342. The van der Waals surface area contributed by atoms with E-state index in [1.54, 1.807) is 0 Å². The number of aromatic hydroxyl groups is 1. The molecule has 0 unspecified atom stereocenters. The van der Waals surface area contributed by atoms with E-state index in [4.69, 9.17) is 13.9 Å². The maximum Gasteiger partial charge on any atom is 0.209 e. The van der Waals surface area contributed by atoms with E-state index in [0.29, 0.717) is 9.15 Å². The van der Waals surface area contributed by atoms with E-state index in [-0.39, 0.29) is 28.1 Å². The molecule has 6 heteroatoms. The first kappa shape index (κ1) is 12.0. The summed E-state index contributed by atoms with van der Waals surface area (Å²) in [5, 5.41) is 10.1. The van der Waals surface area contributed by atoms with Crippen LogP contribution < -0.4 is 14.9 Å². The predicted octanol–water partition coefficient (Wildman–Crippen LogP) is 2.12. The number of benzene rings is 1. The summed E-state index contributed by atoms with van der Waals surface area (Å²) in [5.41, 5.74) is 0.0589. The number of hydrogen-bond acceptors (Lipinski definition) is 5. The predicted molar refractivity (Wildman–Crippen MR) is 70.0 cm³/mol. The van der Waals surface area contributed by atoms with Gasteiger partial charge in [0.1, 0.15) is 17.2 Å². The minimum absolute atomic E-state index is 0.0617. The third-order valence-electron chi connectivity index (χ3n) is 2.34. The van der Waals surface area contributed by atoms with Crippen molar-refractivity contribution < 1.29 is 19.0 Å². The molecule has 90 valence electrons. The van der Waals surface area contributed by atoms with E-state index in [1.165, 1.54) is 26.5 Å². The summed E-state index contributed by atoms with van der Waals surface area (Å²) >= 11 is 1.86. The summed E-state index contributed by atoms with van der Waals surface area (Å²) in [5.74, 6) is 0.0436. The Kier molecular flexibility index (Phi) is 3.14. The highest BCUT2D eigenvalue weighted by Gasteiger charge is 2.19. The number of fused-ring (bicyclic) bond motifs is 1. The first-order valence-electron chi connectivity index (χ1n) is 4.65. The van der Waals surface area contributed by atoms with Crippen molar-refractivity contribution in [1.82, 2.24) is 0 Å². The summed E-state index contributed by atoms with van der Waals surface area (Å²) in [6.07, 6.45) is 1.35. The monoisotopic (exact) mass is 348 g/mol. The van der Waals surface area contributed by atoms with Gasteiger partial charge in [-0.1, -0.05) is 0 Å². The van der Waals surface area contributed by atoms with E-state index in [1.807, 2.05) is 22.6 Å². The summed E-state index contributed by atoms with van der Waals surface area (Å²) in [7, 11) is 2.78. The third-order valence-corrected chi connectivity index (χ3v) is 3.09. The van der Waals surface area contributed by atoms with E-state index >= 15 is 0 Å². The van der Waals surface area contributed by atoms with E-state index < -0.39 is 0 Å². The Hall–Kier alpha value is -1.44. The van der Waals surface area contributed by atoms with Crippen molar-refractivity contribution in [2.24, 2.45) is 0 Å². The summed E-state index contributed by atoms with van der Waals surface area (Å²) < 4.78 is 15.7. The molecule has 1 aromatic carbocycles. The molecule has 0 bridgehead atoms. The fraction of sp³-hybridized carbons (Fsp3) is 0.182. The molecule has 5 nitrogen and oxygen atoms in total. The number of methoxy groups -OCH3 is 2. The van der Waals surface area contributed by atoms with Gasteiger partial charge in [0.15, 0.2) is 11.5 Å². The van der Waals surface area contributed by atoms with Gasteiger partial charge in [-0.2, -0.15) is 0 Å². The fourth-order valence-corrected chi connectivity index (χ4v) is 1.95. The molecule has 1 aromatic heterocycles. The van der Waals surface area contributed by atoms with Gasteiger partial charge >= 0.3 is 0 Å². The van der Waals surface area contributed by atoms with Crippen LogP contribution in [0.4, 0.5) is 0 Å². The second-order valence-electron chi connectivity index (χ2n) is 3.25. The van der Waals surface area contributed by atoms with Gasteiger partial charge in [-0.15, -0.1) is 0 Å². The van der Waals surface area contributed by atoms with Gasteiger partial charge in [-0.05, 0) is 22.6 Å². The molecule has 1 heterocycles. The maximum atomic E-state index is 12.0. The molecule has 0 aliphatic heterocycles. The van der Waals surface area contributed by atoms with Gasteiger partial charge in [0.2, 0.25) is 11.2 Å². The molecule has 17 heavy (non-hydrogen) atoms. The Bertz CT molecular complexity index is 632. The second kappa shape index (κ2) is 4.44. The molecular weight excluding hydrogens is 339 g/mol. The number of halogens is 1. The molecule has 0 aliphatic carbocycles. The lowest BCUT2D eigenvalue weighted by atomic mass is 10.2. The molecular formula is C11H9IO5. The average Bonchev–Trinajstić information content (AvgIpc) is 2.34. The highest BCUT2D eigenvalue weighted by molar-refractivity contribution is 14.1. The van der Waals surface area contributed by atoms with Crippen LogP contribution in [-0.4, -0.2) is 19.3 Å². The Morgan fingerprint density at radius 1 is 1.35 bits per heavy atom. The molecule has 2 aromatic rings. The lowest BCUT2D eigenvalue weighted by Gasteiger charge is -2.10. The summed E-state index contributed by atoms with van der Waals surface area (Å²) in [6, 6.07) is 1.45. The van der Waals surface area contributed by atoms with E-state index in [0.717, 1.165) is 0 Å². The second-order valence-corrected chi connectivity index (χ2v) is 4.41. The number of phenolic OH excluding ortho intramolecular Hbond substituents is 1. The van der Waals surface area contributed by atoms with Gasteiger partial charge in [0.25, 0.3) is 0 Å². The molecule has 0 saturated carbocycles. The molecule has 0 fully saturated rings. The first-order chi connectivity index (χ1) is 8.10. The first-order valence-corrected chi connectivity index (χ1v) is 5.73. The molecule has 0 saturated heterocycles. The fourth-order valence-electron chi connectivity index (χ4n) is 1.55. The van der Waals surface area contributed by atoms with Crippen molar-refractivity contribution >= 4 is 33.6 Å². The van der Waals surface area contributed by atoms with Gasteiger partial charge in [-0.3, -0.25) is 4.79 Å². The summed E-state index contributed by atoms with van der Waals surface area (Å²) in [4.78, 5) is 12.0. The molecule has 0 radical (unpaired) electrons. The minimum atomic E-state index is -0.248. The number of hydrogen-bond donors (Lipinski definition) is 1. The topological polar surface area (TPSA) is 68.9 Å². The zero-order valence-corrected chi connectivity index (χ0v) is 11.3. The van der Waals surface area contributed by atoms with Crippen molar-refractivity contribution in [3.05, 3.63) is 26.1 Å². The molecule has 0 aliphatic rings. The van der Waals surface area contributed by atoms with Crippen LogP contribution in [0, 0.1) is 3.57 Å². The average molecular weight is 348 g/mol. The Morgan fingerprint density at radius 2 is 2.06 bits per heavy atom. The Balaban J connectivity index is 2.99. The largest absolute Gasteiger partial charge is 0.502 e. The SMILES string of the molecule is COc1cc2occ(I)c(=O)c2c(OC)c1O. The number of ether oxygens (including phenoxy) is 2.